The number of benzene rings is 2. The zero-order valence-corrected chi connectivity index (χ0v) is 11.8. The summed E-state index contributed by atoms with van der Waals surface area (Å²) in [5.74, 6) is 0.490. The van der Waals surface area contributed by atoms with Crippen molar-refractivity contribution in [2.45, 2.75) is 13.0 Å². The standard InChI is InChI=1S/C15H12Cl2O2/c1-10(19-14-7-5-12(16)6-8-14)15(18)11-3-2-4-13(17)9-11/h2-10H,1H3. The van der Waals surface area contributed by atoms with Crippen molar-refractivity contribution >= 4 is 29.0 Å². The highest BCUT2D eigenvalue weighted by molar-refractivity contribution is 6.31. The molecule has 0 saturated heterocycles. The molecule has 0 saturated carbocycles. The summed E-state index contributed by atoms with van der Waals surface area (Å²) in [7, 11) is 0. The third-order valence-electron chi connectivity index (χ3n) is 2.60. The zero-order chi connectivity index (χ0) is 13.8. The Balaban J connectivity index is 2.09. The Bertz CT molecular complexity index is 579. The van der Waals surface area contributed by atoms with Crippen LogP contribution in [0, 0.1) is 0 Å². The molecule has 2 aromatic carbocycles. The molecule has 0 spiro atoms. The molecule has 0 radical (unpaired) electrons. The molecule has 98 valence electrons. The lowest BCUT2D eigenvalue weighted by molar-refractivity contribution is 0.0818. The maximum Gasteiger partial charge on any atom is 0.203 e. The van der Waals surface area contributed by atoms with Gasteiger partial charge in [-0.05, 0) is 43.3 Å². The number of ether oxygens (including phenoxy) is 1. The molecule has 0 heterocycles. The Hall–Kier alpha value is -1.51. The summed E-state index contributed by atoms with van der Waals surface area (Å²) >= 11 is 11.7. The third-order valence-corrected chi connectivity index (χ3v) is 3.09. The van der Waals surface area contributed by atoms with Crippen LogP contribution in [0.25, 0.3) is 0 Å². The van der Waals surface area contributed by atoms with E-state index in [9.17, 15) is 4.79 Å². The molecule has 2 nitrogen and oxygen atoms in total. The van der Waals surface area contributed by atoms with E-state index in [0.717, 1.165) is 0 Å². The monoisotopic (exact) mass is 294 g/mol. The van der Waals surface area contributed by atoms with Gasteiger partial charge >= 0.3 is 0 Å². The molecule has 1 unspecified atom stereocenters. The molecule has 0 amide bonds. The maximum atomic E-state index is 12.2. The van der Waals surface area contributed by atoms with Crippen LogP contribution in [0.15, 0.2) is 48.5 Å². The summed E-state index contributed by atoms with van der Waals surface area (Å²) in [6, 6.07) is 13.7. The second kappa shape index (κ2) is 6.09. The fourth-order valence-corrected chi connectivity index (χ4v) is 1.96. The van der Waals surface area contributed by atoms with Crippen LogP contribution in [0.5, 0.6) is 5.75 Å². The van der Waals surface area contributed by atoms with Crippen molar-refractivity contribution in [1.29, 1.82) is 0 Å². The van der Waals surface area contributed by atoms with Gasteiger partial charge in [0.1, 0.15) is 5.75 Å². The molecule has 0 aliphatic heterocycles. The molecule has 0 bridgehead atoms. The van der Waals surface area contributed by atoms with Gasteiger partial charge in [0.2, 0.25) is 5.78 Å². The molecular formula is C15H12Cl2O2. The molecule has 0 N–H and O–H groups in total. The predicted molar refractivity (Wildman–Crippen MR) is 77.3 cm³/mol. The van der Waals surface area contributed by atoms with Crippen molar-refractivity contribution in [2.75, 3.05) is 0 Å². The lowest BCUT2D eigenvalue weighted by Crippen LogP contribution is -2.23. The van der Waals surface area contributed by atoms with Gasteiger partial charge in [-0.1, -0.05) is 35.3 Å². The average molecular weight is 295 g/mol. The Kier molecular flexibility index (Phi) is 4.46. The summed E-state index contributed by atoms with van der Waals surface area (Å²) < 4.78 is 5.57. The van der Waals surface area contributed by atoms with Gasteiger partial charge in [-0.25, -0.2) is 0 Å². The number of hydrogen-bond donors (Lipinski definition) is 0. The molecule has 0 aromatic heterocycles. The van der Waals surface area contributed by atoms with Crippen LogP contribution in [0.2, 0.25) is 10.0 Å². The number of carbonyl (C=O) groups is 1. The van der Waals surface area contributed by atoms with Crippen LogP contribution in [0.1, 0.15) is 17.3 Å². The first-order chi connectivity index (χ1) is 9.06. The van der Waals surface area contributed by atoms with Gasteiger partial charge in [-0.15, -0.1) is 0 Å². The van der Waals surface area contributed by atoms with E-state index in [0.29, 0.717) is 21.4 Å². The summed E-state index contributed by atoms with van der Waals surface area (Å²) in [6.07, 6.45) is -0.584. The van der Waals surface area contributed by atoms with Crippen molar-refractivity contribution in [1.82, 2.24) is 0 Å². The minimum atomic E-state index is -0.584. The average Bonchev–Trinajstić information content (AvgIpc) is 2.40. The Morgan fingerprint density at radius 3 is 2.37 bits per heavy atom. The number of Topliss-reactive ketones (excluding diaryl/α,β-unsaturated/α-hetero) is 1. The van der Waals surface area contributed by atoms with Crippen LogP contribution in [0.3, 0.4) is 0 Å². The van der Waals surface area contributed by atoms with Gasteiger partial charge in [-0.3, -0.25) is 4.79 Å². The lowest BCUT2D eigenvalue weighted by atomic mass is 10.1. The van der Waals surface area contributed by atoms with Gasteiger partial charge in [0.05, 0.1) is 0 Å². The van der Waals surface area contributed by atoms with Crippen molar-refractivity contribution in [3.8, 4) is 5.75 Å². The van der Waals surface area contributed by atoms with Gasteiger partial charge in [-0.2, -0.15) is 0 Å². The van der Waals surface area contributed by atoms with E-state index in [-0.39, 0.29) is 5.78 Å². The first kappa shape index (κ1) is 13.9. The highest BCUT2D eigenvalue weighted by Crippen LogP contribution is 2.19. The summed E-state index contributed by atoms with van der Waals surface area (Å²) in [4.78, 5) is 12.2. The smallest absolute Gasteiger partial charge is 0.203 e. The fourth-order valence-electron chi connectivity index (χ4n) is 1.65. The third kappa shape index (κ3) is 3.72. The largest absolute Gasteiger partial charge is 0.483 e. The normalized spacial score (nSPS) is 11.9. The second-order valence-electron chi connectivity index (χ2n) is 4.09. The van der Waals surface area contributed by atoms with Crippen LogP contribution in [0.4, 0.5) is 0 Å². The van der Waals surface area contributed by atoms with Crippen LogP contribution >= 0.6 is 23.2 Å². The Labute approximate surface area is 121 Å². The van der Waals surface area contributed by atoms with Crippen LogP contribution < -0.4 is 4.74 Å². The van der Waals surface area contributed by atoms with Crippen molar-refractivity contribution in [2.24, 2.45) is 0 Å². The molecular weight excluding hydrogens is 283 g/mol. The van der Waals surface area contributed by atoms with Crippen LogP contribution in [-0.2, 0) is 0 Å². The SMILES string of the molecule is CC(Oc1ccc(Cl)cc1)C(=O)c1cccc(Cl)c1. The second-order valence-corrected chi connectivity index (χ2v) is 4.96. The Morgan fingerprint density at radius 1 is 1.05 bits per heavy atom. The van der Waals surface area contributed by atoms with Gasteiger partial charge in [0, 0.05) is 15.6 Å². The van der Waals surface area contributed by atoms with Gasteiger partial charge in [0.15, 0.2) is 6.10 Å². The highest BCUT2D eigenvalue weighted by Gasteiger charge is 2.17. The lowest BCUT2D eigenvalue weighted by Gasteiger charge is -2.13. The minimum absolute atomic E-state index is 0.113. The predicted octanol–water partition coefficient (Wildman–Crippen LogP) is 4.64. The molecule has 0 fully saturated rings. The van der Waals surface area contributed by atoms with Crippen molar-refractivity contribution in [3.05, 3.63) is 64.1 Å². The molecule has 1 atom stereocenters. The number of carbonyl (C=O) groups excluding carboxylic acids is 1. The first-order valence-corrected chi connectivity index (χ1v) is 6.54. The van der Waals surface area contributed by atoms with Crippen molar-refractivity contribution < 1.29 is 9.53 Å². The molecule has 2 aromatic rings. The minimum Gasteiger partial charge on any atom is -0.483 e. The van der Waals surface area contributed by atoms with E-state index >= 15 is 0 Å². The van der Waals surface area contributed by atoms with E-state index < -0.39 is 6.10 Å². The highest BCUT2D eigenvalue weighted by atomic mass is 35.5. The van der Waals surface area contributed by atoms with E-state index in [1.807, 2.05) is 0 Å². The summed E-state index contributed by atoms with van der Waals surface area (Å²) in [5, 5.41) is 1.16. The number of ketones is 1. The van der Waals surface area contributed by atoms with E-state index in [4.69, 9.17) is 27.9 Å². The molecule has 0 aliphatic rings. The van der Waals surface area contributed by atoms with Crippen LogP contribution in [-0.4, -0.2) is 11.9 Å². The van der Waals surface area contributed by atoms with Gasteiger partial charge < -0.3 is 4.74 Å². The molecule has 2 rings (SSSR count). The Morgan fingerprint density at radius 2 is 1.74 bits per heavy atom. The topological polar surface area (TPSA) is 26.3 Å². The zero-order valence-electron chi connectivity index (χ0n) is 10.3. The number of hydrogen-bond acceptors (Lipinski definition) is 2. The maximum absolute atomic E-state index is 12.2. The quantitative estimate of drug-likeness (QED) is 0.768. The van der Waals surface area contributed by atoms with E-state index in [1.165, 1.54) is 0 Å². The molecule has 0 aliphatic carbocycles. The van der Waals surface area contributed by atoms with E-state index in [1.54, 1.807) is 55.5 Å². The van der Waals surface area contributed by atoms with Gasteiger partial charge in [0.25, 0.3) is 0 Å². The van der Waals surface area contributed by atoms with E-state index in [2.05, 4.69) is 0 Å². The summed E-state index contributed by atoms with van der Waals surface area (Å²) in [5.41, 5.74) is 0.536. The summed E-state index contributed by atoms with van der Waals surface area (Å²) in [6.45, 7) is 1.71. The first-order valence-electron chi connectivity index (χ1n) is 5.78. The number of halogens is 2. The fraction of sp³-hybridized carbons (Fsp3) is 0.133. The number of rotatable bonds is 4. The molecule has 19 heavy (non-hydrogen) atoms. The molecule has 4 heteroatoms. The van der Waals surface area contributed by atoms with Crippen molar-refractivity contribution in [3.63, 3.8) is 0 Å².